The van der Waals surface area contributed by atoms with Crippen LogP contribution in [0.1, 0.15) is 6.42 Å². The standard InChI is InChI=1S/C7H14N2O2/c1-2-3-7(10)11-6(4-8)5-9/h2,6H,1,3-5,8-9H2. The molecule has 64 valence electrons. The molecule has 11 heavy (non-hydrogen) atoms. The van der Waals surface area contributed by atoms with Gasteiger partial charge >= 0.3 is 5.97 Å². The number of rotatable bonds is 5. The smallest absolute Gasteiger partial charge is 0.309 e. The molecule has 0 bridgehead atoms. The van der Waals surface area contributed by atoms with Crippen molar-refractivity contribution >= 4 is 5.97 Å². The highest BCUT2D eigenvalue weighted by molar-refractivity contribution is 5.71. The van der Waals surface area contributed by atoms with Crippen molar-refractivity contribution < 1.29 is 9.53 Å². The molecule has 0 aliphatic carbocycles. The van der Waals surface area contributed by atoms with Gasteiger partial charge in [-0.25, -0.2) is 0 Å². The summed E-state index contributed by atoms with van der Waals surface area (Å²) >= 11 is 0. The van der Waals surface area contributed by atoms with Crippen LogP contribution in [0.2, 0.25) is 0 Å². The van der Waals surface area contributed by atoms with Gasteiger partial charge in [-0.05, 0) is 0 Å². The van der Waals surface area contributed by atoms with Gasteiger partial charge in [-0.2, -0.15) is 0 Å². The first-order chi connectivity index (χ1) is 5.24. The summed E-state index contributed by atoms with van der Waals surface area (Å²) in [6, 6.07) is 0. The predicted octanol–water partition coefficient (Wildman–Crippen LogP) is -0.608. The quantitative estimate of drug-likeness (QED) is 0.413. The molecule has 4 heteroatoms. The average molecular weight is 158 g/mol. The summed E-state index contributed by atoms with van der Waals surface area (Å²) in [5.74, 6) is -0.332. The Bertz CT molecular complexity index is 132. The maximum absolute atomic E-state index is 10.8. The van der Waals surface area contributed by atoms with E-state index >= 15 is 0 Å². The first kappa shape index (κ1) is 10.1. The van der Waals surface area contributed by atoms with Crippen LogP contribution in [0.5, 0.6) is 0 Å². The molecule has 0 aromatic heterocycles. The zero-order chi connectivity index (χ0) is 8.69. The summed E-state index contributed by atoms with van der Waals surface area (Å²) < 4.78 is 4.83. The Morgan fingerprint density at radius 2 is 2.09 bits per heavy atom. The highest BCUT2D eigenvalue weighted by Gasteiger charge is 2.08. The van der Waals surface area contributed by atoms with Crippen LogP contribution < -0.4 is 11.5 Å². The Balaban J connectivity index is 3.62. The molecule has 0 aliphatic rings. The number of carbonyl (C=O) groups excluding carboxylic acids is 1. The summed E-state index contributed by atoms with van der Waals surface area (Å²) in [7, 11) is 0. The lowest BCUT2D eigenvalue weighted by Crippen LogP contribution is -2.33. The number of carbonyl (C=O) groups is 1. The summed E-state index contributed by atoms with van der Waals surface area (Å²) in [5.41, 5.74) is 10.5. The summed E-state index contributed by atoms with van der Waals surface area (Å²) in [6.45, 7) is 3.92. The fourth-order valence-electron chi connectivity index (χ4n) is 0.544. The molecule has 4 nitrogen and oxygen atoms in total. The van der Waals surface area contributed by atoms with Gasteiger partial charge in [0.05, 0.1) is 6.42 Å². The van der Waals surface area contributed by atoms with Crippen molar-refractivity contribution in [3.63, 3.8) is 0 Å². The van der Waals surface area contributed by atoms with Crippen LogP contribution in [0.15, 0.2) is 12.7 Å². The Morgan fingerprint density at radius 1 is 1.55 bits per heavy atom. The first-order valence-electron chi connectivity index (χ1n) is 3.45. The minimum Gasteiger partial charge on any atom is -0.459 e. The summed E-state index contributed by atoms with van der Waals surface area (Å²) in [5, 5.41) is 0. The molecular weight excluding hydrogens is 144 g/mol. The van der Waals surface area contributed by atoms with E-state index in [4.69, 9.17) is 16.2 Å². The molecule has 0 rings (SSSR count). The van der Waals surface area contributed by atoms with Crippen LogP contribution in [0, 0.1) is 0 Å². The molecule has 0 fully saturated rings. The third-order valence-electron chi connectivity index (χ3n) is 1.13. The van der Waals surface area contributed by atoms with E-state index in [-0.39, 0.29) is 31.6 Å². The number of hydrogen-bond donors (Lipinski definition) is 2. The Kier molecular flexibility index (Phi) is 5.42. The maximum atomic E-state index is 10.8. The number of hydrogen-bond acceptors (Lipinski definition) is 4. The van der Waals surface area contributed by atoms with E-state index in [9.17, 15) is 4.79 Å². The molecule has 0 aliphatic heterocycles. The molecule has 0 unspecified atom stereocenters. The van der Waals surface area contributed by atoms with E-state index in [1.807, 2.05) is 0 Å². The van der Waals surface area contributed by atoms with Gasteiger partial charge in [0.2, 0.25) is 0 Å². The van der Waals surface area contributed by atoms with Crippen LogP contribution in [-0.2, 0) is 9.53 Å². The third-order valence-corrected chi connectivity index (χ3v) is 1.13. The lowest BCUT2D eigenvalue weighted by atomic mass is 10.3. The minimum atomic E-state index is -0.359. The normalized spacial score (nSPS) is 9.73. The molecule has 0 saturated carbocycles. The predicted molar refractivity (Wildman–Crippen MR) is 42.8 cm³/mol. The van der Waals surface area contributed by atoms with E-state index in [2.05, 4.69) is 6.58 Å². The van der Waals surface area contributed by atoms with Gasteiger partial charge in [-0.3, -0.25) is 4.79 Å². The monoisotopic (exact) mass is 158 g/mol. The highest BCUT2D eigenvalue weighted by Crippen LogP contribution is 1.92. The molecular formula is C7H14N2O2. The molecule has 0 saturated heterocycles. The number of esters is 1. The van der Waals surface area contributed by atoms with E-state index in [1.165, 1.54) is 6.08 Å². The van der Waals surface area contributed by atoms with Gasteiger partial charge in [0.15, 0.2) is 0 Å². The second-order valence-electron chi connectivity index (χ2n) is 2.08. The molecule has 0 spiro atoms. The van der Waals surface area contributed by atoms with Crippen molar-refractivity contribution in [3.05, 3.63) is 12.7 Å². The van der Waals surface area contributed by atoms with Crippen LogP contribution in [0.25, 0.3) is 0 Å². The molecule has 0 aromatic carbocycles. The number of nitrogens with two attached hydrogens (primary N) is 2. The SMILES string of the molecule is C=CCC(=O)OC(CN)CN. The molecule has 0 amide bonds. The van der Waals surface area contributed by atoms with Gasteiger partial charge in [-0.15, -0.1) is 6.58 Å². The maximum Gasteiger partial charge on any atom is 0.309 e. The fraction of sp³-hybridized carbons (Fsp3) is 0.571. The fourth-order valence-corrected chi connectivity index (χ4v) is 0.544. The van der Waals surface area contributed by atoms with Crippen molar-refractivity contribution in [1.29, 1.82) is 0 Å². The van der Waals surface area contributed by atoms with Gasteiger partial charge in [0, 0.05) is 13.1 Å². The van der Waals surface area contributed by atoms with Crippen LogP contribution in [-0.4, -0.2) is 25.2 Å². The first-order valence-corrected chi connectivity index (χ1v) is 3.45. The lowest BCUT2D eigenvalue weighted by molar-refractivity contribution is -0.147. The van der Waals surface area contributed by atoms with E-state index in [0.717, 1.165) is 0 Å². The number of ether oxygens (including phenoxy) is 1. The van der Waals surface area contributed by atoms with Crippen molar-refractivity contribution in [2.24, 2.45) is 11.5 Å². The zero-order valence-electron chi connectivity index (χ0n) is 6.45. The molecule has 0 aromatic rings. The van der Waals surface area contributed by atoms with Crippen molar-refractivity contribution in [1.82, 2.24) is 0 Å². The van der Waals surface area contributed by atoms with E-state index < -0.39 is 0 Å². The second-order valence-corrected chi connectivity index (χ2v) is 2.08. The van der Waals surface area contributed by atoms with Crippen LogP contribution >= 0.6 is 0 Å². The third kappa shape index (κ3) is 4.52. The Hall–Kier alpha value is -0.870. The van der Waals surface area contributed by atoms with Crippen LogP contribution in [0.3, 0.4) is 0 Å². The molecule has 0 atom stereocenters. The largest absolute Gasteiger partial charge is 0.459 e. The highest BCUT2D eigenvalue weighted by atomic mass is 16.5. The molecule has 0 heterocycles. The second kappa shape index (κ2) is 5.88. The van der Waals surface area contributed by atoms with Gasteiger partial charge in [-0.1, -0.05) is 6.08 Å². The van der Waals surface area contributed by atoms with Crippen molar-refractivity contribution in [2.75, 3.05) is 13.1 Å². The molecule has 0 radical (unpaired) electrons. The zero-order valence-corrected chi connectivity index (χ0v) is 6.45. The minimum absolute atomic E-state index is 0.205. The topological polar surface area (TPSA) is 78.3 Å². The summed E-state index contributed by atoms with van der Waals surface area (Å²) in [4.78, 5) is 10.8. The molecule has 4 N–H and O–H groups in total. The van der Waals surface area contributed by atoms with Gasteiger partial charge < -0.3 is 16.2 Å². The van der Waals surface area contributed by atoms with Crippen molar-refractivity contribution in [3.8, 4) is 0 Å². The van der Waals surface area contributed by atoms with E-state index in [1.54, 1.807) is 0 Å². The van der Waals surface area contributed by atoms with Crippen molar-refractivity contribution in [2.45, 2.75) is 12.5 Å². The van der Waals surface area contributed by atoms with Gasteiger partial charge in [0.25, 0.3) is 0 Å². The average Bonchev–Trinajstić information content (AvgIpc) is 2.01. The summed E-state index contributed by atoms with van der Waals surface area (Å²) in [6.07, 6.45) is 1.32. The Morgan fingerprint density at radius 3 is 2.45 bits per heavy atom. The lowest BCUT2D eigenvalue weighted by Gasteiger charge is -2.12. The van der Waals surface area contributed by atoms with E-state index in [0.29, 0.717) is 0 Å². The Labute approximate surface area is 66.2 Å². The van der Waals surface area contributed by atoms with Crippen LogP contribution in [0.4, 0.5) is 0 Å². The van der Waals surface area contributed by atoms with Gasteiger partial charge in [0.1, 0.15) is 6.10 Å².